The molecular weight excluding hydrogens is 154 g/mol. The molecule has 2 aromatic rings. The molecule has 0 unspecified atom stereocenters. The van der Waals surface area contributed by atoms with Gasteiger partial charge in [0, 0.05) is 12.4 Å². The highest BCUT2D eigenvalue weighted by atomic mass is 15.3. The fraction of sp³-hybridized carbons (Fsp3) is 0.143. The van der Waals surface area contributed by atoms with Crippen LogP contribution in [-0.4, -0.2) is 20.0 Å². The summed E-state index contributed by atoms with van der Waals surface area (Å²) in [5.41, 5.74) is 1.00. The average molecular weight is 159 g/mol. The fourth-order valence-electron chi connectivity index (χ4n) is 1.00. The molecule has 0 bridgehead atoms. The van der Waals surface area contributed by atoms with E-state index in [4.69, 9.17) is 5.26 Å². The highest BCUT2D eigenvalue weighted by Crippen LogP contribution is 2.08. The van der Waals surface area contributed by atoms with Crippen molar-refractivity contribution in [1.82, 2.24) is 20.0 Å². The molecule has 5 nitrogen and oxygen atoms in total. The Morgan fingerprint density at radius 2 is 2.33 bits per heavy atom. The van der Waals surface area contributed by atoms with Crippen molar-refractivity contribution in [1.29, 1.82) is 5.26 Å². The van der Waals surface area contributed by atoms with E-state index in [0.717, 1.165) is 5.39 Å². The number of aryl methyl sites for hydroxylation is 1. The number of nitriles is 1. The van der Waals surface area contributed by atoms with Crippen LogP contribution in [0.4, 0.5) is 0 Å². The summed E-state index contributed by atoms with van der Waals surface area (Å²) in [6.07, 6.45) is 1.66. The molecule has 0 saturated carbocycles. The highest BCUT2D eigenvalue weighted by molar-refractivity contribution is 5.74. The van der Waals surface area contributed by atoms with Gasteiger partial charge in [-0.3, -0.25) is 0 Å². The second kappa shape index (κ2) is 2.27. The molecule has 12 heavy (non-hydrogen) atoms. The Morgan fingerprint density at radius 3 is 3.08 bits per heavy atom. The van der Waals surface area contributed by atoms with Crippen LogP contribution < -0.4 is 0 Å². The van der Waals surface area contributed by atoms with Crippen molar-refractivity contribution in [2.45, 2.75) is 0 Å². The number of aromatic nitrogens is 4. The molecule has 2 rings (SSSR count). The van der Waals surface area contributed by atoms with Crippen molar-refractivity contribution >= 4 is 11.0 Å². The van der Waals surface area contributed by atoms with Crippen molar-refractivity contribution < 1.29 is 0 Å². The maximum atomic E-state index is 8.52. The summed E-state index contributed by atoms with van der Waals surface area (Å²) in [6.45, 7) is 0. The fourth-order valence-corrected chi connectivity index (χ4v) is 1.00. The van der Waals surface area contributed by atoms with Crippen LogP contribution in [0.2, 0.25) is 0 Å². The van der Waals surface area contributed by atoms with Gasteiger partial charge in [-0.1, -0.05) is 0 Å². The second-order valence-corrected chi connectivity index (χ2v) is 2.39. The summed E-state index contributed by atoms with van der Waals surface area (Å²) in [6, 6.07) is 3.58. The maximum Gasteiger partial charge on any atom is 0.180 e. The second-order valence-electron chi connectivity index (χ2n) is 2.39. The number of rotatable bonds is 0. The van der Waals surface area contributed by atoms with E-state index in [2.05, 4.69) is 15.3 Å². The third kappa shape index (κ3) is 0.820. The normalized spacial score (nSPS) is 10.0. The van der Waals surface area contributed by atoms with Gasteiger partial charge in [0.05, 0.1) is 6.20 Å². The molecule has 5 heteroatoms. The SMILES string of the molecule is Cn1ncc2cc(C#N)nnc21. The van der Waals surface area contributed by atoms with Gasteiger partial charge in [-0.25, -0.2) is 4.68 Å². The molecule has 0 aromatic carbocycles. The van der Waals surface area contributed by atoms with Crippen molar-refractivity contribution in [3.8, 4) is 6.07 Å². The average Bonchev–Trinajstić information content (AvgIpc) is 2.47. The Hall–Kier alpha value is -1.96. The quantitative estimate of drug-likeness (QED) is 0.552. The molecule has 0 aliphatic heterocycles. The molecule has 0 amide bonds. The van der Waals surface area contributed by atoms with E-state index in [-0.39, 0.29) is 0 Å². The van der Waals surface area contributed by atoms with Gasteiger partial charge in [-0.05, 0) is 6.07 Å². The molecule has 0 aliphatic rings. The van der Waals surface area contributed by atoms with Crippen LogP contribution in [0.25, 0.3) is 11.0 Å². The van der Waals surface area contributed by atoms with Gasteiger partial charge in [0.15, 0.2) is 11.3 Å². The Labute approximate surface area is 68.3 Å². The van der Waals surface area contributed by atoms with Gasteiger partial charge in [-0.2, -0.15) is 10.4 Å². The summed E-state index contributed by atoms with van der Waals surface area (Å²) in [5, 5.41) is 20.9. The van der Waals surface area contributed by atoms with Crippen LogP contribution in [0.3, 0.4) is 0 Å². The van der Waals surface area contributed by atoms with Crippen LogP contribution in [0, 0.1) is 11.3 Å². The van der Waals surface area contributed by atoms with E-state index in [1.165, 1.54) is 0 Å². The largest absolute Gasteiger partial charge is 0.249 e. The molecule has 2 aromatic heterocycles. The van der Waals surface area contributed by atoms with Crippen molar-refractivity contribution in [2.24, 2.45) is 7.05 Å². The van der Waals surface area contributed by atoms with Gasteiger partial charge in [0.2, 0.25) is 0 Å². The van der Waals surface area contributed by atoms with Crippen molar-refractivity contribution in [2.75, 3.05) is 0 Å². The predicted octanol–water partition coefficient (Wildman–Crippen LogP) is 0.235. The van der Waals surface area contributed by atoms with E-state index >= 15 is 0 Å². The summed E-state index contributed by atoms with van der Waals surface area (Å²) >= 11 is 0. The van der Waals surface area contributed by atoms with Gasteiger partial charge in [0.1, 0.15) is 6.07 Å². The van der Waals surface area contributed by atoms with Crippen LogP contribution in [-0.2, 0) is 7.05 Å². The van der Waals surface area contributed by atoms with E-state index in [9.17, 15) is 0 Å². The lowest BCUT2D eigenvalue weighted by Crippen LogP contribution is -1.94. The topological polar surface area (TPSA) is 67.4 Å². The smallest absolute Gasteiger partial charge is 0.180 e. The lowest BCUT2D eigenvalue weighted by molar-refractivity contribution is 0.777. The first kappa shape index (κ1) is 6.73. The molecule has 0 saturated heterocycles. The summed E-state index contributed by atoms with van der Waals surface area (Å²) in [5.74, 6) is 0. The van der Waals surface area contributed by atoms with E-state index < -0.39 is 0 Å². The molecule has 0 aliphatic carbocycles. The van der Waals surface area contributed by atoms with Crippen LogP contribution in [0.15, 0.2) is 12.3 Å². The third-order valence-electron chi connectivity index (χ3n) is 1.59. The lowest BCUT2D eigenvalue weighted by atomic mass is 10.3. The zero-order valence-electron chi connectivity index (χ0n) is 6.39. The predicted molar refractivity (Wildman–Crippen MR) is 41.0 cm³/mol. The number of nitrogens with zero attached hydrogens (tertiary/aromatic N) is 5. The van der Waals surface area contributed by atoms with Crippen molar-refractivity contribution in [3.63, 3.8) is 0 Å². The molecule has 0 atom stereocenters. The van der Waals surface area contributed by atoms with Gasteiger partial charge in [-0.15, -0.1) is 10.2 Å². The van der Waals surface area contributed by atoms with Crippen LogP contribution in [0.5, 0.6) is 0 Å². The standard InChI is InChI=1S/C7H5N5/c1-12-7-5(4-9-12)2-6(3-8)10-11-7/h2,4H,1H3. The Kier molecular flexibility index (Phi) is 1.27. The van der Waals surface area contributed by atoms with Gasteiger partial charge < -0.3 is 0 Å². The molecule has 0 spiro atoms. The molecule has 0 fully saturated rings. The van der Waals surface area contributed by atoms with Crippen LogP contribution >= 0.6 is 0 Å². The van der Waals surface area contributed by atoms with E-state index in [0.29, 0.717) is 11.3 Å². The van der Waals surface area contributed by atoms with Crippen molar-refractivity contribution in [3.05, 3.63) is 18.0 Å². The Balaban J connectivity index is 2.80. The highest BCUT2D eigenvalue weighted by Gasteiger charge is 2.01. The zero-order chi connectivity index (χ0) is 8.55. The third-order valence-corrected chi connectivity index (χ3v) is 1.59. The first-order valence-corrected chi connectivity index (χ1v) is 3.37. The summed E-state index contributed by atoms with van der Waals surface area (Å²) < 4.78 is 1.61. The zero-order valence-corrected chi connectivity index (χ0v) is 6.39. The maximum absolute atomic E-state index is 8.52. The molecular formula is C7H5N5. The Bertz CT molecular complexity index is 464. The summed E-state index contributed by atoms with van der Waals surface area (Å²) in [7, 11) is 1.78. The minimum atomic E-state index is 0.315. The van der Waals surface area contributed by atoms with E-state index in [1.807, 2.05) is 6.07 Å². The summed E-state index contributed by atoms with van der Waals surface area (Å²) in [4.78, 5) is 0. The first-order chi connectivity index (χ1) is 5.81. The monoisotopic (exact) mass is 159 g/mol. The Morgan fingerprint density at radius 1 is 1.50 bits per heavy atom. The number of hydrogen-bond donors (Lipinski definition) is 0. The lowest BCUT2D eigenvalue weighted by Gasteiger charge is -1.90. The first-order valence-electron chi connectivity index (χ1n) is 3.37. The molecule has 0 radical (unpaired) electrons. The van der Waals surface area contributed by atoms with E-state index in [1.54, 1.807) is 24.0 Å². The van der Waals surface area contributed by atoms with Gasteiger partial charge in [0.25, 0.3) is 0 Å². The molecule has 2 heterocycles. The minimum Gasteiger partial charge on any atom is -0.249 e. The van der Waals surface area contributed by atoms with Crippen LogP contribution in [0.1, 0.15) is 5.69 Å². The van der Waals surface area contributed by atoms with Gasteiger partial charge >= 0.3 is 0 Å². The minimum absolute atomic E-state index is 0.315. The molecule has 58 valence electrons. The number of hydrogen-bond acceptors (Lipinski definition) is 4. The molecule has 0 N–H and O–H groups in total. The number of fused-ring (bicyclic) bond motifs is 1.